The van der Waals surface area contributed by atoms with Crippen LogP contribution in [0.3, 0.4) is 0 Å². The van der Waals surface area contributed by atoms with Crippen LogP contribution in [0.5, 0.6) is 0 Å². The Morgan fingerprint density at radius 1 is 1.53 bits per heavy atom. The van der Waals surface area contributed by atoms with Gasteiger partial charge in [-0.2, -0.15) is 0 Å². The van der Waals surface area contributed by atoms with Gasteiger partial charge < -0.3 is 5.32 Å². The van der Waals surface area contributed by atoms with Crippen LogP contribution in [0.1, 0.15) is 37.1 Å². The van der Waals surface area contributed by atoms with E-state index in [1.807, 2.05) is 12.4 Å². The van der Waals surface area contributed by atoms with Crippen LogP contribution >= 0.6 is 11.6 Å². The molecule has 1 aromatic heterocycles. The van der Waals surface area contributed by atoms with E-state index in [-0.39, 0.29) is 5.91 Å². The summed E-state index contributed by atoms with van der Waals surface area (Å²) in [6, 6.07) is 0. The summed E-state index contributed by atoms with van der Waals surface area (Å²) in [5.41, 5.74) is 1.04. The Bertz CT molecular complexity index is 387. The van der Waals surface area contributed by atoms with E-state index in [1.54, 1.807) is 6.92 Å². The lowest BCUT2D eigenvalue weighted by Crippen LogP contribution is -2.31. The number of carbonyl (C=O) groups is 1. The van der Waals surface area contributed by atoms with Gasteiger partial charge in [0.15, 0.2) is 0 Å². The quantitative estimate of drug-likeness (QED) is 0.812. The summed E-state index contributed by atoms with van der Waals surface area (Å²) in [5, 5.41) is 2.27. The van der Waals surface area contributed by atoms with Crippen molar-refractivity contribution in [3.8, 4) is 0 Å². The maximum atomic E-state index is 11.2. The Morgan fingerprint density at radius 2 is 2.18 bits per heavy atom. The van der Waals surface area contributed by atoms with Crippen molar-refractivity contribution in [1.82, 2.24) is 15.3 Å². The first-order chi connectivity index (χ1) is 8.16. The molecule has 17 heavy (non-hydrogen) atoms. The molecule has 0 radical (unpaired) electrons. The van der Waals surface area contributed by atoms with Gasteiger partial charge in [0.05, 0.1) is 0 Å². The molecule has 0 aliphatic heterocycles. The molecular formula is C12H16ClN3O. The van der Waals surface area contributed by atoms with Gasteiger partial charge in [0.1, 0.15) is 11.2 Å². The van der Waals surface area contributed by atoms with Crippen molar-refractivity contribution in [1.29, 1.82) is 0 Å². The molecule has 1 heterocycles. The maximum Gasteiger partial charge on any atom is 0.237 e. The molecule has 1 aromatic rings. The fourth-order valence-corrected chi connectivity index (χ4v) is 1.59. The summed E-state index contributed by atoms with van der Waals surface area (Å²) < 4.78 is 0. The summed E-state index contributed by atoms with van der Waals surface area (Å²) in [4.78, 5) is 19.9. The van der Waals surface area contributed by atoms with Gasteiger partial charge in [-0.15, -0.1) is 11.6 Å². The van der Waals surface area contributed by atoms with Gasteiger partial charge in [-0.3, -0.25) is 4.79 Å². The lowest BCUT2D eigenvalue weighted by molar-refractivity contribution is -0.120. The number of hydrogen-bond donors (Lipinski definition) is 1. The second-order valence-corrected chi connectivity index (χ2v) is 5.04. The minimum absolute atomic E-state index is 0.137. The molecule has 0 aromatic carbocycles. The third kappa shape index (κ3) is 3.66. The SMILES string of the molecule is CC(Cl)C(=O)NCCc1cnc(C2CC2)nc1. The number of rotatable bonds is 5. The topological polar surface area (TPSA) is 54.9 Å². The van der Waals surface area contributed by atoms with Gasteiger partial charge >= 0.3 is 0 Å². The Kier molecular flexibility index (Phi) is 3.94. The van der Waals surface area contributed by atoms with Crippen molar-refractivity contribution in [2.75, 3.05) is 6.54 Å². The molecule has 1 atom stereocenters. The molecule has 0 bridgehead atoms. The van der Waals surface area contributed by atoms with Crippen LogP contribution in [0.15, 0.2) is 12.4 Å². The third-order valence-corrected chi connectivity index (χ3v) is 2.94. The predicted molar refractivity (Wildman–Crippen MR) is 66.0 cm³/mol. The van der Waals surface area contributed by atoms with E-state index in [0.717, 1.165) is 17.8 Å². The normalized spacial score (nSPS) is 16.6. The highest BCUT2D eigenvalue weighted by molar-refractivity contribution is 6.30. The fourth-order valence-electron chi connectivity index (χ4n) is 1.52. The molecule has 1 N–H and O–H groups in total. The molecule has 5 heteroatoms. The van der Waals surface area contributed by atoms with Gasteiger partial charge in [0.2, 0.25) is 5.91 Å². The van der Waals surface area contributed by atoms with Crippen LogP contribution in [0.2, 0.25) is 0 Å². The number of nitrogens with zero attached hydrogens (tertiary/aromatic N) is 2. The van der Waals surface area contributed by atoms with Crippen molar-refractivity contribution in [3.63, 3.8) is 0 Å². The number of amides is 1. The summed E-state index contributed by atoms with van der Waals surface area (Å²) in [6.07, 6.45) is 6.85. The highest BCUT2D eigenvalue weighted by Gasteiger charge is 2.25. The zero-order valence-corrected chi connectivity index (χ0v) is 10.6. The van der Waals surface area contributed by atoms with Gasteiger partial charge in [0.25, 0.3) is 0 Å². The second kappa shape index (κ2) is 5.45. The van der Waals surface area contributed by atoms with E-state index in [9.17, 15) is 4.79 Å². The van der Waals surface area contributed by atoms with E-state index in [1.165, 1.54) is 12.8 Å². The largest absolute Gasteiger partial charge is 0.354 e. The van der Waals surface area contributed by atoms with Crippen LogP contribution < -0.4 is 5.32 Å². The minimum Gasteiger partial charge on any atom is -0.354 e. The van der Waals surface area contributed by atoms with Crippen LogP contribution in [0, 0.1) is 0 Å². The van der Waals surface area contributed by atoms with Crippen LogP contribution in [-0.4, -0.2) is 27.8 Å². The second-order valence-electron chi connectivity index (χ2n) is 4.38. The van der Waals surface area contributed by atoms with E-state index < -0.39 is 5.38 Å². The molecule has 1 aliphatic rings. The summed E-state index contributed by atoms with van der Waals surface area (Å²) in [5.74, 6) is 1.40. The summed E-state index contributed by atoms with van der Waals surface area (Å²) >= 11 is 5.64. The van der Waals surface area contributed by atoms with Gasteiger partial charge in [-0.1, -0.05) is 0 Å². The summed E-state index contributed by atoms with van der Waals surface area (Å²) in [7, 11) is 0. The minimum atomic E-state index is -0.483. The number of carbonyl (C=O) groups excluding carboxylic acids is 1. The summed E-state index contributed by atoms with van der Waals surface area (Å²) in [6.45, 7) is 2.23. The lowest BCUT2D eigenvalue weighted by atomic mass is 10.2. The molecule has 4 nitrogen and oxygen atoms in total. The molecular weight excluding hydrogens is 238 g/mol. The van der Waals surface area contributed by atoms with Crippen LogP contribution in [0.25, 0.3) is 0 Å². The fraction of sp³-hybridized carbons (Fsp3) is 0.583. The average Bonchev–Trinajstić information content (AvgIpc) is 3.13. The zero-order valence-electron chi connectivity index (χ0n) is 9.82. The Labute approximate surface area is 106 Å². The van der Waals surface area contributed by atoms with Gasteiger partial charge in [-0.05, 0) is 31.7 Å². The van der Waals surface area contributed by atoms with E-state index in [4.69, 9.17) is 11.6 Å². The lowest BCUT2D eigenvalue weighted by Gasteiger charge is -2.06. The predicted octanol–water partition coefficient (Wildman–Crippen LogP) is 1.64. The Hall–Kier alpha value is -1.16. The number of nitrogens with one attached hydrogen (secondary N) is 1. The van der Waals surface area contributed by atoms with Gasteiger partial charge in [0, 0.05) is 24.9 Å². The molecule has 1 amide bonds. The van der Waals surface area contributed by atoms with Gasteiger partial charge in [-0.25, -0.2) is 9.97 Å². The number of halogens is 1. The van der Waals surface area contributed by atoms with E-state index in [0.29, 0.717) is 12.5 Å². The first kappa shape index (κ1) is 12.3. The zero-order chi connectivity index (χ0) is 12.3. The van der Waals surface area contributed by atoms with E-state index >= 15 is 0 Å². The first-order valence-electron chi connectivity index (χ1n) is 5.89. The smallest absolute Gasteiger partial charge is 0.237 e. The van der Waals surface area contributed by atoms with Crippen molar-refractivity contribution in [2.24, 2.45) is 0 Å². The highest BCUT2D eigenvalue weighted by Crippen LogP contribution is 2.37. The van der Waals surface area contributed by atoms with E-state index in [2.05, 4.69) is 15.3 Å². The Balaban J connectivity index is 1.77. The number of hydrogen-bond acceptors (Lipinski definition) is 3. The van der Waals surface area contributed by atoms with Crippen LogP contribution in [-0.2, 0) is 11.2 Å². The molecule has 1 aliphatic carbocycles. The van der Waals surface area contributed by atoms with Crippen LogP contribution in [0.4, 0.5) is 0 Å². The monoisotopic (exact) mass is 253 g/mol. The molecule has 1 fully saturated rings. The molecule has 0 saturated heterocycles. The number of aromatic nitrogens is 2. The maximum absolute atomic E-state index is 11.2. The number of alkyl halides is 1. The standard InChI is InChI=1S/C12H16ClN3O/c1-8(13)12(17)14-5-4-9-6-15-11(16-7-9)10-2-3-10/h6-8,10H,2-5H2,1H3,(H,14,17). The average molecular weight is 254 g/mol. The molecule has 1 saturated carbocycles. The van der Waals surface area contributed by atoms with Crippen molar-refractivity contribution >= 4 is 17.5 Å². The van der Waals surface area contributed by atoms with Crippen molar-refractivity contribution in [2.45, 2.75) is 37.5 Å². The highest BCUT2D eigenvalue weighted by atomic mass is 35.5. The van der Waals surface area contributed by atoms with Crippen molar-refractivity contribution < 1.29 is 4.79 Å². The molecule has 0 spiro atoms. The third-order valence-electron chi connectivity index (χ3n) is 2.74. The first-order valence-corrected chi connectivity index (χ1v) is 6.33. The molecule has 92 valence electrons. The Morgan fingerprint density at radius 3 is 2.71 bits per heavy atom. The van der Waals surface area contributed by atoms with Crippen molar-refractivity contribution in [3.05, 3.63) is 23.8 Å². The molecule has 1 unspecified atom stereocenters. The molecule has 2 rings (SSSR count).